The van der Waals surface area contributed by atoms with Gasteiger partial charge in [0, 0.05) is 5.92 Å². The molecule has 0 spiro atoms. The Bertz CT molecular complexity index is 571. The molecule has 18 heavy (non-hydrogen) atoms. The summed E-state index contributed by atoms with van der Waals surface area (Å²) < 4.78 is 22.5. The zero-order valence-electron chi connectivity index (χ0n) is 9.87. The van der Waals surface area contributed by atoms with Crippen LogP contribution in [-0.2, 0) is 14.6 Å². The monoisotopic (exact) mass is 288 g/mol. The standard InChI is InChI=1S/C9H12N4O3S2/c1-6(2)8-12-13-9(17-8)11-7(14)5-18(15,16)4-3-10/h6H,4-5H2,1-2H3,(H,11,13,14). The summed E-state index contributed by atoms with van der Waals surface area (Å²) in [5, 5.41) is 19.2. The molecule has 0 aliphatic carbocycles. The van der Waals surface area contributed by atoms with E-state index < -0.39 is 27.3 Å². The lowest BCUT2D eigenvalue weighted by Crippen LogP contribution is -2.24. The van der Waals surface area contributed by atoms with Gasteiger partial charge in [0.25, 0.3) is 0 Å². The highest BCUT2D eigenvalue weighted by Crippen LogP contribution is 2.22. The Morgan fingerprint density at radius 2 is 2.17 bits per heavy atom. The topological polar surface area (TPSA) is 113 Å². The van der Waals surface area contributed by atoms with Crippen molar-refractivity contribution in [3.63, 3.8) is 0 Å². The van der Waals surface area contributed by atoms with Gasteiger partial charge in [-0.25, -0.2) is 8.42 Å². The van der Waals surface area contributed by atoms with Crippen molar-refractivity contribution >= 4 is 32.2 Å². The number of anilines is 1. The molecule has 9 heteroatoms. The van der Waals surface area contributed by atoms with E-state index in [9.17, 15) is 13.2 Å². The molecule has 1 heterocycles. The summed E-state index contributed by atoms with van der Waals surface area (Å²) in [5.74, 6) is -1.92. The number of nitrogens with one attached hydrogen (secondary N) is 1. The maximum atomic E-state index is 11.4. The van der Waals surface area contributed by atoms with Crippen LogP contribution >= 0.6 is 11.3 Å². The number of sulfone groups is 1. The molecule has 0 bridgehead atoms. The third-order valence-corrected chi connectivity index (χ3v) is 4.23. The van der Waals surface area contributed by atoms with Gasteiger partial charge in [-0.15, -0.1) is 10.2 Å². The largest absolute Gasteiger partial charge is 0.300 e. The average molecular weight is 288 g/mol. The summed E-state index contributed by atoms with van der Waals surface area (Å²) in [6.45, 7) is 3.87. The summed E-state index contributed by atoms with van der Waals surface area (Å²) >= 11 is 1.19. The third-order valence-electron chi connectivity index (χ3n) is 1.82. The number of nitriles is 1. The Morgan fingerprint density at radius 1 is 1.50 bits per heavy atom. The molecule has 0 fully saturated rings. The minimum absolute atomic E-state index is 0.190. The summed E-state index contributed by atoms with van der Waals surface area (Å²) in [5.41, 5.74) is 0. The zero-order valence-corrected chi connectivity index (χ0v) is 11.5. The van der Waals surface area contributed by atoms with Crippen LogP contribution in [0.2, 0.25) is 0 Å². The van der Waals surface area contributed by atoms with Crippen molar-refractivity contribution in [3.8, 4) is 6.07 Å². The number of nitrogens with zero attached hydrogens (tertiary/aromatic N) is 3. The fraction of sp³-hybridized carbons (Fsp3) is 0.556. The van der Waals surface area contributed by atoms with E-state index in [0.717, 1.165) is 5.01 Å². The molecule has 0 aliphatic heterocycles. The number of amides is 1. The van der Waals surface area contributed by atoms with Crippen LogP contribution in [0.1, 0.15) is 24.8 Å². The van der Waals surface area contributed by atoms with Crippen LogP contribution < -0.4 is 5.32 Å². The van der Waals surface area contributed by atoms with Crippen LogP contribution in [0, 0.1) is 11.3 Å². The van der Waals surface area contributed by atoms with Crippen molar-refractivity contribution in [1.29, 1.82) is 5.26 Å². The minimum Gasteiger partial charge on any atom is -0.300 e. The first-order valence-electron chi connectivity index (χ1n) is 5.04. The molecule has 98 valence electrons. The Kier molecular flexibility index (Phi) is 4.75. The lowest BCUT2D eigenvalue weighted by molar-refractivity contribution is -0.113. The van der Waals surface area contributed by atoms with Crippen molar-refractivity contribution in [3.05, 3.63) is 5.01 Å². The number of rotatable bonds is 5. The Balaban J connectivity index is 2.63. The third kappa shape index (κ3) is 4.38. The Morgan fingerprint density at radius 3 is 2.67 bits per heavy atom. The summed E-state index contributed by atoms with van der Waals surface area (Å²) in [4.78, 5) is 11.4. The fourth-order valence-electron chi connectivity index (χ4n) is 1.02. The quantitative estimate of drug-likeness (QED) is 0.846. The molecule has 0 saturated heterocycles. The van der Waals surface area contributed by atoms with Gasteiger partial charge in [-0.2, -0.15) is 5.26 Å². The van der Waals surface area contributed by atoms with Gasteiger partial charge >= 0.3 is 0 Å². The van der Waals surface area contributed by atoms with Crippen LogP contribution in [-0.4, -0.2) is 36.0 Å². The minimum atomic E-state index is -3.68. The van der Waals surface area contributed by atoms with Gasteiger partial charge < -0.3 is 0 Å². The van der Waals surface area contributed by atoms with Crippen molar-refractivity contribution in [1.82, 2.24) is 10.2 Å². The van der Waals surface area contributed by atoms with E-state index in [1.54, 1.807) is 0 Å². The molecule has 7 nitrogen and oxygen atoms in total. The first-order valence-corrected chi connectivity index (χ1v) is 7.68. The lowest BCUT2D eigenvalue weighted by atomic mass is 10.2. The fourth-order valence-corrected chi connectivity index (χ4v) is 2.56. The number of hydrogen-bond donors (Lipinski definition) is 1. The molecule has 0 saturated carbocycles. The Labute approximate surface area is 109 Å². The van der Waals surface area contributed by atoms with Crippen LogP contribution in [0.3, 0.4) is 0 Å². The van der Waals surface area contributed by atoms with E-state index >= 15 is 0 Å². The van der Waals surface area contributed by atoms with Gasteiger partial charge in [0.2, 0.25) is 11.0 Å². The highest BCUT2D eigenvalue weighted by molar-refractivity contribution is 7.92. The highest BCUT2D eigenvalue weighted by Gasteiger charge is 2.18. The lowest BCUT2D eigenvalue weighted by Gasteiger charge is -2.00. The van der Waals surface area contributed by atoms with Crippen molar-refractivity contribution in [2.24, 2.45) is 0 Å². The molecule has 1 amide bonds. The van der Waals surface area contributed by atoms with E-state index in [2.05, 4.69) is 15.5 Å². The van der Waals surface area contributed by atoms with Gasteiger partial charge in [0.05, 0.1) is 6.07 Å². The molecule has 1 aromatic heterocycles. The maximum Gasteiger partial charge on any atom is 0.241 e. The van der Waals surface area contributed by atoms with Crippen LogP contribution in [0.25, 0.3) is 0 Å². The van der Waals surface area contributed by atoms with E-state index in [1.165, 1.54) is 17.4 Å². The maximum absolute atomic E-state index is 11.4. The number of carbonyl (C=O) groups excluding carboxylic acids is 1. The van der Waals surface area contributed by atoms with E-state index in [4.69, 9.17) is 5.26 Å². The van der Waals surface area contributed by atoms with Crippen molar-refractivity contribution in [2.75, 3.05) is 16.8 Å². The SMILES string of the molecule is CC(C)c1nnc(NC(=O)CS(=O)(=O)CC#N)s1. The number of hydrogen-bond acceptors (Lipinski definition) is 7. The highest BCUT2D eigenvalue weighted by atomic mass is 32.2. The molecule has 0 atom stereocenters. The number of carbonyl (C=O) groups is 1. The molecule has 1 N–H and O–H groups in total. The van der Waals surface area contributed by atoms with Gasteiger partial charge in [-0.05, 0) is 0 Å². The number of aromatic nitrogens is 2. The van der Waals surface area contributed by atoms with Crippen LogP contribution in [0.4, 0.5) is 5.13 Å². The molecule has 1 aromatic rings. The molecule has 0 aliphatic rings. The average Bonchev–Trinajstić information content (AvgIpc) is 2.64. The van der Waals surface area contributed by atoms with Gasteiger partial charge in [0.1, 0.15) is 16.5 Å². The van der Waals surface area contributed by atoms with E-state index in [-0.39, 0.29) is 11.0 Å². The van der Waals surface area contributed by atoms with Crippen molar-refractivity contribution in [2.45, 2.75) is 19.8 Å². The molecule has 0 unspecified atom stereocenters. The zero-order chi connectivity index (χ0) is 13.8. The van der Waals surface area contributed by atoms with Gasteiger partial charge in [-0.1, -0.05) is 25.2 Å². The summed E-state index contributed by atoms with van der Waals surface area (Å²) in [6.07, 6.45) is 0. The van der Waals surface area contributed by atoms with Gasteiger partial charge in [0.15, 0.2) is 9.84 Å². The summed E-state index contributed by atoms with van der Waals surface area (Å²) in [7, 11) is -3.68. The van der Waals surface area contributed by atoms with E-state index in [0.29, 0.717) is 0 Å². The van der Waals surface area contributed by atoms with Crippen LogP contribution in [0.5, 0.6) is 0 Å². The van der Waals surface area contributed by atoms with Crippen molar-refractivity contribution < 1.29 is 13.2 Å². The Hall–Kier alpha value is -1.53. The second-order valence-corrected chi connectivity index (χ2v) is 6.91. The molecular weight excluding hydrogens is 276 g/mol. The van der Waals surface area contributed by atoms with Gasteiger partial charge in [-0.3, -0.25) is 10.1 Å². The summed E-state index contributed by atoms with van der Waals surface area (Å²) in [6, 6.07) is 1.50. The molecule has 1 rings (SSSR count). The predicted octanol–water partition coefficient (Wildman–Crippen LogP) is 0.538. The second-order valence-electron chi connectivity index (χ2n) is 3.84. The predicted molar refractivity (Wildman–Crippen MR) is 66.9 cm³/mol. The van der Waals surface area contributed by atoms with E-state index in [1.807, 2.05) is 13.8 Å². The smallest absolute Gasteiger partial charge is 0.241 e. The second kappa shape index (κ2) is 5.88. The molecule has 0 aromatic carbocycles. The van der Waals surface area contributed by atoms with Crippen LogP contribution in [0.15, 0.2) is 0 Å². The first kappa shape index (κ1) is 14.5. The normalized spacial score (nSPS) is 11.2. The first-order chi connectivity index (χ1) is 8.34. The molecule has 0 radical (unpaired) electrons. The molecular formula is C9H12N4O3S2.